The number of likely N-dealkylation sites (tertiary alicyclic amines) is 1. The van der Waals surface area contributed by atoms with Gasteiger partial charge in [0.2, 0.25) is 0 Å². The van der Waals surface area contributed by atoms with Gasteiger partial charge < -0.3 is 5.32 Å². The van der Waals surface area contributed by atoms with Crippen LogP contribution in [-0.4, -0.2) is 37.1 Å². The summed E-state index contributed by atoms with van der Waals surface area (Å²) in [5, 5.41) is 3.62. The van der Waals surface area contributed by atoms with Crippen molar-refractivity contribution in [3.8, 4) is 0 Å². The summed E-state index contributed by atoms with van der Waals surface area (Å²) < 4.78 is 0. The zero-order valence-corrected chi connectivity index (χ0v) is 14.0. The van der Waals surface area contributed by atoms with Crippen molar-refractivity contribution in [1.29, 1.82) is 0 Å². The summed E-state index contributed by atoms with van der Waals surface area (Å²) in [6.07, 6.45) is 8.71. The first-order chi connectivity index (χ1) is 9.47. The van der Waals surface area contributed by atoms with Crippen LogP contribution in [0.2, 0.25) is 0 Å². The summed E-state index contributed by atoms with van der Waals surface area (Å²) in [6, 6.07) is 1.69. The summed E-state index contributed by atoms with van der Waals surface area (Å²) >= 11 is 0. The predicted molar refractivity (Wildman–Crippen MR) is 85.8 cm³/mol. The molecular weight excluding hydrogens is 244 g/mol. The molecule has 0 spiro atoms. The van der Waals surface area contributed by atoms with Gasteiger partial charge in [-0.2, -0.15) is 0 Å². The first-order valence-electron chi connectivity index (χ1n) is 8.88. The topological polar surface area (TPSA) is 15.3 Å². The first-order valence-corrected chi connectivity index (χ1v) is 8.88. The van der Waals surface area contributed by atoms with Gasteiger partial charge in [0, 0.05) is 25.2 Å². The molecule has 2 bridgehead atoms. The second kappa shape index (κ2) is 5.61. The van der Waals surface area contributed by atoms with E-state index in [0.29, 0.717) is 5.41 Å². The molecule has 0 aromatic heterocycles. The van der Waals surface area contributed by atoms with Crippen LogP contribution >= 0.6 is 0 Å². The first kappa shape index (κ1) is 14.8. The Morgan fingerprint density at radius 1 is 1.05 bits per heavy atom. The molecule has 2 nitrogen and oxygen atoms in total. The van der Waals surface area contributed by atoms with E-state index < -0.39 is 0 Å². The van der Waals surface area contributed by atoms with Crippen LogP contribution in [0.15, 0.2) is 0 Å². The summed E-state index contributed by atoms with van der Waals surface area (Å²) in [6.45, 7) is 10.1. The molecular formula is C18H34N2. The van der Waals surface area contributed by atoms with E-state index in [0.717, 1.165) is 29.8 Å². The maximum absolute atomic E-state index is 3.62. The van der Waals surface area contributed by atoms with Crippen molar-refractivity contribution in [1.82, 2.24) is 10.2 Å². The molecule has 1 saturated heterocycles. The molecule has 3 fully saturated rings. The zero-order chi connectivity index (χ0) is 14.3. The average molecular weight is 278 g/mol. The SMILES string of the molecule is CNC1CCC(C(C)(C)C)CC1CN1CC2CCC1C2. The van der Waals surface area contributed by atoms with Crippen LogP contribution in [0.25, 0.3) is 0 Å². The quantitative estimate of drug-likeness (QED) is 0.850. The van der Waals surface area contributed by atoms with E-state index in [9.17, 15) is 0 Å². The van der Waals surface area contributed by atoms with E-state index in [1.165, 1.54) is 51.6 Å². The lowest BCUT2D eigenvalue weighted by Crippen LogP contribution is -2.47. The van der Waals surface area contributed by atoms with Crippen LogP contribution in [0.3, 0.4) is 0 Å². The monoisotopic (exact) mass is 278 g/mol. The van der Waals surface area contributed by atoms with Crippen molar-refractivity contribution in [2.75, 3.05) is 20.1 Å². The Morgan fingerprint density at radius 3 is 2.40 bits per heavy atom. The molecule has 3 aliphatic rings. The molecule has 0 aromatic carbocycles. The molecule has 1 aliphatic heterocycles. The van der Waals surface area contributed by atoms with Gasteiger partial charge in [-0.1, -0.05) is 20.8 Å². The second-order valence-electron chi connectivity index (χ2n) is 8.82. The Kier molecular flexibility index (Phi) is 4.16. The average Bonchev–Trinajstić information content (AvgIpc) is 3.00. The fourth-order valence-electron chi connectivity index (χ4n) is 5.18. The molecule has 3 rings (SSSR count). The highest BCUT2D eigenvalue weighted by molar-refractivity contribution is 4.96. The van der Waals surface area contributed by atoms with Crippen LogP contribution in [0, 0.1) is 23.2 Å². The third-order valence-electron chi connectivity index (χ3n) is 6.57. The van der Waals surface area contributed by atoms with Crippen LogP contribution < -0.4 is 5.32 Å². The summed E-state index contributed by atoms with van der Waals surface area (Å²) in [5.74, 6) is 2.82. The summed E-state index contributed by atoms with van der Waals surface area (Å²) in [5.41, 5.74) is 0.487. The molecule has 0 aromatic rings. The third-order valence-corrected chi connectivity index (χ3v) is 6.57. The summed E-state index contributed by atoms with van der Waals surface area (Å²) in [7, 11) is 2.17. The minimum atomic E-state index is 0.487. The van der Waals surface area contributed by atoms with E-state index in [-0.39, 0.29) is 0 Å². The minimum Gasteiger partial charge on any atom is -0.317 e. The molecule has 2 heteroatoms. The molecule has 2 saturated carbocycles. The standard InChI is InChI=1S/C18H34N2/c1-18(2,3)15-6-8-17(19-4)14(10-15)12-20-11-13-5-7-16(20)9-13/h13-17,19H,5-12H2,1-4H3. The van der Waals surface area contributed by atoms with E-state index in [2.05, 4.69) is 38.0 Å². The van der Waals surface area contributed by atoms with Gasteiger partial charge in [-0.15, -0.1) is 0 Å². The normalized spacial score (nSPS) is 42.3. The van der Waals surface area contributed by atoms with Crippen molar-refractivity contribution in [3.63, 3.8) is 0 Å². The minimum absolute atomic E-state index is 0.487. The van der Waals surface area contributed by atoms with Gasteiger partial charge >= 0.3 is 0 Å². The van der Waals surface area contributed by atoms with Gasteiger partial charge in [-0.25, -0.2) is 0 Å². The van der Waals surface area contributed by atoms with Crippen LogP contribution in [0.4, 0.5) is 0 Å². The number of fused-ring (bicyclic) bond motifs is 2. The van der Waals surface area contributed by atoms with E-state index in [1.54, 1.807) is 0 Å². The molecule has 116 valence electrons. The fraction of sp³-hybridized carbons (Fsp3) is 1.00. The molecule has 20 heavy (non-hydrogen) atoms. The number of hydrogen-bond donors (Lipinski definition) is 1. The maximum Gasteiger partial charge on any atom is 0.0105 e. The molecule has 0 radical (unpaired) electrons. The summed E-state index contributed by atoms with van der Waals surface area (Å²) in [4.78, 5) is 2.84. The van der Waals surface area contributed by atoms with Crippen molar-refractivity contribution in [3.05, 3.63) is 0 Å². The highest BCUT2D eigenvalue weighted by Gasteiger charge is 2.41. The van der Waals surface area contributed by atoms with Crippen molar-refractivity contribution in [2.45, 2.75) is 71.4 Å². The predicted octanol–water partition coefficient (Wildman–Crippen LogP) is 3.52. The highest BCUT2D eigenvalue weighted by atomic mass is 15.2. The zero-order valence-electron chi connectivity index (χ0n) is 14.0. The molecule has 5 atom stereocenters. The number of nitrogens with zero attached hydrogens (tertiary/aromatic N) is 1. The molecule has 1 heterocycles. The number of hydrogen-bond acceptors (Lipinski definition) is 2. The number of nitrogens with one attached hydrogen (secondary N) is 1. The second-order valence-corrected chi connectivity index (χ2v) is 8.82. The van der Waals surface area contributed by atoms with E-state index in [1.807, 2.05) is 0 Å². The van der Waals surface area contributed by atoms with Gasteiger partial charge in [0.05, 0.1) is 0 Å². The number of piperidine rings is 1. The molecule has 0 amide bonds. The van der Waals surface area contributed by atoms with Crippen LogP contribution in [-0.2, 0) is 0 Å². The molecule has 1 N–H and O–H groups in total. The number of rotatable bonds is 3. The lowest BCUT2D eigenvalue weighted by Gasteiger charge is -2.44. The van der Waals surface area contributed by atoms with Gasteiger partial charge in [0.1, 0.15) is 0 Å². The largest absolute Gasteiger partial charge is 0.317 e. The van der Waals surface area contributed by atoms with Crippen LogP contribution in [0.5, 0.6) is 0 Å². The molecule has 2 aliphatic carbocycles. The molecule has 5 unspecified atom stereocenters. The van der Waals surface area contributed by atoms with Crippen molar-refractivity contribution >= 4 is 0 Å². The maximum atomic E-state index is 3.62. The Bertz CT molecular complexity index is 333. The lowest BCUT2D eigenvalue weighted by atomic mass is 9.67. The lowest BCUT2D eigenvalue weighted by molar-refractivity contribution is 0.0798. The Balaban J connectivity index is 1.62. The third kappa shape index (κ3) is 2.92. The highest BCUT2D eigenvalue weighted by Crippen LogP contribution is 2.43. The smallest absolute Gasteiger partial charge is 0.0105 e. The van der Waals surface area contributed by atoms with Gasteiger partial charge in [0.25, 0.3) is 0 Å². The Hall–Kier alpha value is -0.0800. The van der Waals surface area contributed by atoms with Crippen molar-refractivity contribution in [2.24, 2.45) is 23.2 Å². The van der Waals surface area contributed by atoms with E-state index in [4.69, 9.17) is 0 Å². The Morgan fingerprint density at radius 2 is 1.85 bits per heavy atom. The van der Waals surface area contributed by atoms with Gasteiger partial charge in [0.15, 0.2) is 0 Å². The van der Waals surface area contributed by atoms with Gasteiger partial charge in [-0.3, -0.25) is 4.90 Å². The van der Waals surface area contributed by atoms with Crippen LogP contribution in [0.1, 0.15) is 59.3 Å². The Labute approximate surface area is 125 Å². The van der Waals surface area contributed by atoms with Crippen molar-refractivity contribution < 1.29 is 0 Å². The van der Waals surface area contributed by atoms with E-state index >= 15 is 0 Å². The fourth-order valence-corrected chi connectivity index (χ4v) is 5.18. The van der Waals surface area contributed by atoms with Gasteiger partial charge in [-0.05, 0) is 68.7 Å².